The van der Waals surface area contributed by atoms with Gasteiger partial charge in [0.25, 0.3) is 0 Å². The normalized spacial score (nSPS) is 42.2. The molecule has 4 rings (SSSR count). The summed E-state index contributed by atoms with van der Waals surface area (Å²) < 4.78 is 5.52. The maximum Gasteiger partial charge on any atom is 0.333 e. The fourth-order valence-electron chi connectivity index (χ4n) is 7.02. The Hall–Kier alpha value is -1.65. The van der Waals surface area contributed by atoms with Gasteiger partial charge in [-0.1, -0.05) is 44.7 Å². The van der Waals surface area contributed by atoms with E-state index in [0.717, 1.165) is 24.0 Å². The van der Waals surface area contributed by atoms with E-state index in [-0.39, 0.29) is 17.5 Å². The quantitative estimate of drug-likeness (QED) is 0.489. The zero-order chi connectivity index (χ0) is 22.3. The smallest absolute Gasteiger partial charge is 0.333 e. The van der Waals surface area contributed by atoms with Gasteiger partial charge in [-0.15, -0.1) is 0 Å². The van der Waals surface area contributed by atoms with Crippen LogP contribution in [0.15, 0.2) is 47.6 Å². The van der Waals surface area contributed by atoms with Crippen molar-refractivity contribution in [2.45, 2.75) is 89.9 Å². The third-order valence-corrected chi connectivity index (χ3v) is 8.66. The van der Waals surface area contributed by atoms with Gasteiger partial charge in [0.05, 0.1) is 12.2 Å². The van der Waals surface area contributed by atoms with Crippen LogP contribution in [0.25, 0.3) is 0 Å². The van der Waals surface area contributed by atoms with Crippen LogP contribution in [0.5, 0.6) is 0 Å². The molecule has 0 aromatic carbocycles. The Kier molecular flexibility index (Phi) is 6.33. The predicted molar refractivity (Wildman–Crippen MR) is 122 cm³/mol. The van der Waals surface area contributed by atoms with Crippen LogP contribution in [-0.4, -0.2) is 34.5 Å². The Morgan fingerprint density at radius 3 is 2.71 bits per heavy atom. The van der Waals surface area contributed by atoms with Crippen molar-refractivity contribution in [2.75, 3.05) is 0 Å². The Bertz CT molecular complexity index is 805. The van der Waals surface area contributed by atoms with Gasteiger partial charge in [0.2, 0.25) is 0 Å². The molecule has 0 amide bonds. The molecule has 0 unspecified atom stereocenters. The molecule has 4 aliphatic rings. The summed E-state index contributed by atoms with van der Waals surface area (Å²) >= 11 is 0. The highest BCUT2D eigenvalue weighted by Gasteiger charge is 2.51. The first-order valence-electron chi connectivity index (χ1n) is 12.0. The van der Waals surface area contributed by atoms with Crippen molar-refractivity contribution in [2.24, 2.45) is 23.2 Å². The van der Waals surface area contributed by atoms with Gasteiger partial charge in [-0.05, 0) is 79.3 Å². The maximum absolute atomic E-state index is 11.7. The molecule has 0 aromatic heterocycles. The summed E-state index contributed by atoms with van der Waals surface area (Å²) in [6.45, 7) is 12.7. The maximum atomic E-state index is 11.7. The summed E-state index contributed by atoms with van der Waals surface area (Å²) in [6, 6.07) is 0. The van der Waals surface area contributed by atoms with Gasteiger partial charge in [0.15, 0.2) is 0 Å². The number of fused-ring (bicyclic) bond motifs is 1. The van der Waals surface area contributed by atoms with Crippen molar-refractivity contribution in [3.63, 3.8) is 0 Å². The highest BCUT2D eigenvalue weighted by atomic mass is 16.5. The molecule has 3 aliphatic carbocycles. The van der Waals surface area contributed by atoms with E-state index in [9.17, 15) is 15.0 Å². The minimum absolute atomic E-state index is 0.00356. The van der Waals surface area contributed by atoms with Gasteiger partial charge >= 0.3 is 5.97 Å². The van der Waals surface area contributed by atoms with E-state index in [1.165, 1.54) is 31.3 Å². The molecule has 7 atom stereocenters. The highest BCUT2D eigenvalue weighted by Crippen LogP contribution is 2.60. The average Bonchev–Trinajstić information content (AvgIpc) is 3.22. The number of hydrogen-bond acceptors (Lipinski definition) is 4. The molecule has 2 N–H and O–H groups in total. The van der Waals surface area contributed by atoms with Crippen molar-refractivity contribution < 1.29 is 19.7 Å². The highest BCUT2D eigenvalue weighted by molar-refractivity contribution is 5.89. The summed E-state index contributed by atoms with van der Waals surface area (Å²) in [4.78, 5) is 11.7. The van der Waals surface area contributed by atoms with Gasteiger partial charge < -0.3 is 14.9 Å². The molecular weight excluding hydrogens is 388 g/mol. The number of aliphatic hydroxyl groups is 2. The molecule has 4 nitrogen and oxygen atoms in total. The lowest BCUT2D eigenvalue weighted by atomic mass is 9.60. The van der Waals surface area contributed by atoms with Crippen molar-refractivity contribution in [3.8, 4) is 0 Å². The number of hydrogen-bond donors (Lipinski definition) is 2. The molecule has 31 heavy (non-hydrogen) atoms. The van der Waals surface area contributed by atoms with E-state index in [0.29, 0.717) is 42.6 Å². The van der Waals surface area contributed by atoms with Gasteiger partial charge in [0, 0.05) is 18.4 Å². The summed E-state index contributed by atoms with van der Waals surface area (Å²) in [5.74, 6) is 1.51. The third-order valence-electron chi connectivity index (χ3n) is 8.66. The minimum atomic E-state index is -0.637. The summed E-state index contributed by atoms with van der Waals surface area (Å²) in [5, 5.41) is 20.2. The van der Waals surface area contributed by atoms with E-state index in [1.807, 2.05) is 0 Å². The van der Waals surface area contributed by atoms with E-state index in [2.05, 4.69) is 39.2 Å². The minimum Gasteiger partial charge on any atom is -0.459 e. The topological polar surface area (TPSA) is 66.8 Å². The van der Waals surface area contributed by atoms with Crippen LogP contribution >= 0.6 is 0 Å². The van der Waals surface area contributed by atoms with Crippen LogP contribution in [0.4, 0.5) is 0 Å². The van der Waals surface area contributed by atoms with Crippen molar-refractivity contribution in [1.29, 1.82) is 0 Å². The largest absolute Gasteiger partial charge is 0.459 e. The standard InChI is InChI=1S/C27H38O4/c1-16(12-22-13-17(2)26(30)31-22)23-9-10-24-19(6-5-11-27(23,24)4)7-8-20-14-21(28)15-25(29)18(20)3/h7-8,16,21-25,28-29H,2-3,5-6,9-15H2,1,4H3/b19-7+,20-8?/t16-,21-,22-,23-,24+,25+,27-/m1/s1. The van der Waals surface area contributed by atoms with E-state index in [1.54, 1.807) is 0 Å². The number of esters is 1. The first-order chi connectivity index (χ1) is 14.7. The van der Waals surface area contributed by atoms with Crippen molar-refractivity contribution >= 4 is 5.97 Å². The van der Waals surface area contributed by atoms with E-state index in [4.69, 9.17) is 4.74 Å². The molecule has 0 spiro atoms. The van der Waals surface area contributed by atoms with Crippen LogP contribution in [-0.2, 0) is 9.53 Å². The molecule has 4 heteroatoms. The lowest BCUT2D eigenvalue weighted by Crippen LogP contribution is -2.36. The number of aliphatic hydroxyl groups excluding tert-OH is 2. The van der Waals surface area contributed by atoms with Gasteiger partial charge in [0.1, 0.15) is 6.10 Å². The second-order valence-electron chi connectivity index (χ2n) is 10.7. The second-order valence-corrected chi connectivity index (χ2v) is 10.7. The van der Waals surface area contributed by atoms with Crippen LogP contribution in [0, 0.1) is 23.2 Å². The van der Waals surface area contributed by atoms with Crippen LogP contribution in [0.1, 0.15) is 71.6 Å². The van der Waals surface area contributed by atoms with Crippen molar-refractivity contribution in [3.05, 3.63) is 47.6 Å². The molecule has 1 saturated heterocycles. The SMILES string of the molecule is C=C1C[C@@H](C[C@@H](C)[C@H]2CC[C@H]3/C(=C/C=C4C[C@@H](O)C[C@H](O)C4=C)CCC[C@]23C)OC1=O. The Morgan fingerprint density at radius 1 is 1.23 bits per heavy atom. The van der Waals surface area contributed by atoms with Gasteiger partial charge in [-0.3, -0.25) is 0 Å². The van der Waals surface area contributed by atoms with Crippen LogP contribution in [0.3, 0.4) is 0 Å². The summed E-state index contributed by atoms with van der Waals surface area (Å²) in [6.07, 6.45) is 11.8. The molecule has 3 saturated carbocycles. The Labute approximate surface area is 186 Å². The zero-order valence-electron chi connectivity index (χ0n) is 19.1. The van der Waals surface area contributed by atoms with Crippen LogP contribution < -0.4 is 0 Å². The number of ether oxygens (including phenoxy) is 1. The second kappa shape index (κ2) is 8.71. The van der Waals surface area contributed by atoms with Crippen molar-refractivity contribution in [1.82, 2.24) is 0 Å². The van der Waals surface area contributed by atoms with Crippen LogP contribution in [0.2, 0.25) is 0 Å². The van der Waals surface area contributed by atoms with E-state index >= 15 is 0 Å². The molecule has 170 valence electrons. The summed E-state index contributed by atoms with van der Waals surface area (Å²) in [5.41, 5.74) is 4.15. The van der Waals surface area contributed by atoms with Gasteiger partial charge in [-0.2, -0.15) is 0 Å². The van der Waals surface area contributed by atoms with E-state index < -0.39 is 12.2 Å². The molecular formula is C27H38O4. The molecule has 0 bridgehead atoms. The zero-order valence-corrected chi connectivity index (χ0v) is 19.1. The predicted octanol–water partition coefficient (Wildman–Crippen LogP) is 5.03. The summed E-state index contributed by atoms with van der Waals surface area (Å²) in [7, 11) is 0. The number of cyclic esters (lactones) is 1. The average molecular weight is 427 g/mol. The number of carbonyl (C=O) groups is 1. The van der Waals surface area contributed by atoms with Gasteiger partial charge in [-0.25, -0.2) is 4.79 Å². The fourth-order valence-corrected chi connectivity index (χ4v) is 7.02. The lowest BCUT2D eigenvalue weighted by Gasteiger charge is -2.44. The lowest BCUT2D eigenvalue weighted by molar-refractivity contribution is -0.139. The Morgan fingerprint density at radius 2 is 2.00 bits per heavy atom. The Balaban J connectivity index is 1.48. The third kappa shape index (κ3) is 4.34. The molecule has 4 fully saturated rings. The first kappa shape index (κ1) is 22.5. The number of carbonyl (C=O) groups excluding carboxylic acids is 1. The molecule has 0 radical (unpaired) electrons. The first-order valence-corrected chi connectivity index (χ1v) is 12.0. The molecule has 0 aromatic rings. The number of allylic oxidation sites excluding steroid dienone is 3. The number of rotatable bonds is 4. The molecule has 1 heterocycles. The monoisotopic (exact) mass is 426 g/mol. The molecule has 1 aliphatic heterocycles. The fraction of sp³-hybridized carbons (Fsp3) is 0.667.